The van der Waals surface area contributed by atoms with Crippen LogP contribution in [0.25, 0.3) is 0 Å². The second-order valence-corrected chi connectivity index (χ2v) is 15.6. The van der Waals surface area contributed by atoms with Crippen LogP contribution in [0.3, 0.4) is 0 Å². The largest absolute Gasteiger partial charge is 0.508 e. The van der Waals surface area contributed by atoms with Crippen LogP contribution in [-0.4, -0.2) is 114 Å². The molecule has 0 aromatic heterocycles. The molecule has 310 valence electrons. The normalized spacial score (nSPS) is 14.5. The molecule has 0 fully saturated rings. The van der Waals surface area contributed by atoms with Crippen LogP contribution in [0.5, 0.6) is 11.5 Å². The molecule has 2 amide bonds. The van der Waals surface area contributed by atoms with Crippen LogP contribution in [-0.2, 0) is 52.7 Å². The summed E-state index contributed by atoms with van der Waals surface area (Å²) in [5, 5.41) is 19.7. The molecule has 0 aliphatic heterocycles. The van der Waals surface area contributed by atoms with E-state index in [0.29, 0.717) is 24.0 Å². The number of phenolic OH excluding ortho intramolecular Hbond substituents is 2. The van der Waals surface area contributed by atoms with Gasteiger partial charge >= 0.3 is 11.9 Å². The number of aromatic hydroxyl groups is 2. The van der Waals surface area contributed by atoms with Crippen molar-refractivity contribution in [1.29, 1.82) is 0 Å². The van der Waals surface area contributed by atoms with E-state index in [0.717, 1.165) is 11.1 Å². The van der Waals surface area contributed by atoms with Crippen molar-refractivity contribution in [1.82, 2.24) is 14.7 Å². The minimum Gasteiger partial charge on any atom is -0.508 e. The third kappa shape index (κ3) is 12.9. The molecule has 0 saturated heterocycles. The number of phenols is 2. The average Bonchev–Trinajstić information content (AvgIpc) is 3.19. The molecule has 0 spiro atoms. The summed E-state index contributed by atoms with van der Waals surface area (Å²) in [5.74, 6) is -4.05. The first-order valence-corrected chi connectivity index (χ1v) is 19.5. The molecular weight excluding hydrogens is 727 g/mol. The van der Waals surface area contributed by atoms with Gasteiger partial charge in [-0.05, 0) is 80.7 Å². The maximum atomic E-state index is 14.6. The Hall–Kier alpha value is -5.23. The molecule has 12 heteroatoms. The Morgan fingerprint density at radius 3 is 1.51 bits per heavy atom. The smallest absolute Gasteiger partial charge is 0.328 e. The lowest BCUT2D eigenvalue weighted by Crippen LogP contribution is -2.55. The molecule has 2 N–H and O–H groups in total. The zero-order chi connectivity index (χ0) is 42.6. The topological polar surface area (TPSA) is 154 Å². The molecule has 0 bridgehead atoms. The third-order valence-corrected chi connectivity index (χ3v) is 10.8. The number of amides is 2. The van der Waals surface area contributed by atoms with Crippen LogP contribution in [0.4, 0.5) is 0 Å². The molecule has 3 aromatic carbocycles. The number of benzene rings is 3. The summed E-state index contributed by atoms with van der Waals surface area (Å²) < 4.78 is 11.1. The van der Waals surface area contributed by atoms with E-state index in [4.69, 9.17) is 9.47 Å². The number of hydrogen-bond acceptors (Lipinski definition) is 10. The summed E-state index contributed by atoms with van der Waals surface area (Å²) in [4.78, 5) is 74.5. The number of carbonyl (C=O) groups is 5. The van der Waals surface area contributed by atoms with Gasteiger partial charge in [-0.2, -0.15) is 0 Å². The highest BCUT2D eigenvalue weighted by Gasteiger charge is 2.40. The highest BCUT2D eigenvalue weighted by atomic mass is 16.5. The highest BCUT2D eigenvalue weighted by molar-refractivity contribution is 5.94. The van der Waals surface area contributed by atoms with Crippen LogP contribution < -0.4 is 0 Å². The van der Waals surface area contributed by atoms with E-state index >= 15 is 0 Å². The predicted octanol–water partition coefficient (Wildman–Crippen LogP) is 5.38. The third-order valence-electron chi connectivity index (χ3n) is 10.8. The molecule has 12 nitrogen and oxygen atoms in total. The summed E-state index contributed by atoms with van der Waals surface area (Å²) >= 11 is 0. The Balaban J connectivity index is 1.93. The summed E-state index contributed by atoms with van der Waals surface area (Å²) in [6.07, 6.45) is -0.259. The van der Waals surface area contributed by atoms with Gasteiger partial charge in [-0.25, -0.2) is 4.79 Å². The average molecular weight is 788 g/mol. The number of nitrogens with zero attached hydrogens (tertiary/aromatic N) is 3. The number of methoxy groups -OCH3 is 1. The van der Waals surface area contributed by atoms with Gasteiger partial charge in [-0.3, -0.25) is 24.1 Å². The molecule has 0 radical (unpaired) electrons. The van der Waals surface area contributed by atoms with Crippen LogP contribution in [0.1, 0.15) is 62.8 Å². The van der Waals surface area contributed by atoms with Gasteiger partial charge in [0.15, 0.2) is 11.9 Å². The van der Waals surface area contributed by atoms with E-state index in [-0.39, 0.29) is 48.4 Å². The number of aryl methyl sites for hydroxylation is 1. The lowest BCUT2D eigenvalue weighted by atomic mass is 9.85. The molecule has 6 atom stereocenters. The summed E-state index contributed by atoms with van der Waals surface area (Å²) in [7, 11) is 7.79. The monoisotopic (exact) mass is 787 g/mol. The van der Waals surface area contributed by atoms with E-state index in [1.54, 1.807) is 43.3 Å². The van der Waals surface area contributed by atoms with Crippen LogP contribution >= 0.6 is 0 Å². The van der Waals surface area contributed by atoms with Crippen molar-refractivity contribution in [2.24, 2.45) is 17.8 Å². The summed E-state index contributed by atoms with van der Waals surface area (Å²) in [6.45, 7) is 9.39. The Labute approximate surface area is 337 Å². The Kier molecular flexibility index (Phi) is 17.3. The van der Waals surface area contributed by atoms with Crippen molar-refractivity contribution in [3.05, 3.63) is 95.1 Å². The van der Waals surface area contributed by atoms with Crippen molar-refractivity contribution in [3.8, 4) is 11.5 Å². The van der Waals surface area contributed by atoms with E-state index in [2.05, 4.69) is 0 Å². The zero-order valence-electron chi connectivity index (χ0n) is 35.1. The maximum Gasteiger partial charge on any atom is 0.328 e. The predicted molar refractivity (Wildman–Crippen MR) is 218 cm³/mol. The molecule has 0 heterocycles. The van der Waals surface area contributed by atoms with Crippen molar-refractivity contribution in [2.45, 2.75) is 91.0 Å². The fourth-order valence-corrected chi connectivity index (χ4v) is 6.70. The number of rotatable bonds is 20. The SMILES string of the molecule is CC[C@@H](C)[C@H](OC(=O)[C@H](Cc1ccc(C)cc1)N(C)C)C(=O)C[C@@H](C(=O)N(C)[C@H](Cc1ccc(O)cc1)C(=O)N(C)[C@H](Cc1ccc(O)cc1)C(=O)OC)C(C)C. The fourth-order valence-electron chi connectivity index (χ4n) is 6.70. The van der Waals surface area contributed by atoms with E-state index < -0.39 is 53.9 Å². The van der Waals surface area contributed by atoms with Gasteiger partial charge < -0.3 is 29.5 Å². The zero-order valence-corrected chi connectivity index (χ0v) is 35.1. The van der Waals surface area contributed by atoms with Crippen LogP contribution in [0, 0.1) is 24.7 Å². The Morgan fingerprint density at radius 2 is 1.07 bits per heavy atom. The molecule has 0 aliphatic carbocycles. The number of carbonyl (C=O) groups excluding carboxylic acids is 5. The number of ketones is 1. The number of Topliss-reactive ketones (excluding diaryl/α,β-unsaturated/α-hetero) is 1. The highest BCUT2D eigenvalue weighted by Crippen LogP contribution is 2.27. The van der Waals surface area contributed by atoms with Crippen molar-refractivity contribution in [2.75, 3.05) is 35.3 Å². The van der Waals surface area contributed by atoms with E-state index in [9.17, 15) is 34.2 Å². The van der Waals surface area contributed by atoms with Crippen LogP contribution in [0.15, 0.2) is 72.8 Å². The Bertz CT molecular complexity index is 1790. The maximum absolute atomic E-state index is 14.6. The van der Waals surface area contributed by atoms with Gasteiger partial charge in [0.1, 0.15) is 29.6 Å². The summed E-state index contributed by atoms with van der Waals surface area (Å²) in [5.41, 5.74) is 3.37. The Morgan fingerprint density at radius 1 is 0.632 bits per heavy atom. The molecular formula is C45H61N3O9. The first kappa shape index (κ1) is 46.2. The first-order chi connectivity index (χ1) is 26.9. The van der Waals surface area contributed by atoms with Gasteiger partial charge in [-0.1, -0.05) is 81.8 Å². The lowest BCUT2D eigenvalue weighted by Gasteiger charge is -2.36. The number of esters is 2. The standard InChI is InChI=1S/C45H61N3O9/c1-11-30(5)41(57-45(55)38(46(6)7)25-31-14-12-29(4)13-15-31)40(51)27-36(28(2)3)42(52)47(8)37(24-32-16-20-34(49)21-17-32)43(53)48(9)39(44(54)56-10)26-33-18-22-35(50)23-19-33/h12-23,28,30,36-39,41,49-50H,11,24-27H2,1-10H3/t30-,36-,37-,38+,39-,41+/m1/s1. The van der Waals surface area contributed by atoms with Crippen molar-refractivity contribution >= 4 is 29.5 Å². The summed E-state index contributed by atoms with van der Waals surface area (Å²) in [6, 6.07) is 17.6. The van der Waals surface area contributed by atoms with Crippen molar-refractivity contribution < 1.29 is 43.7 Å². The number of likely N-dealkylation sites (N-methyl/N-ethyl adjacent to an activating group) is 3. The quantitative estimate of drug-likeness (QED) is 0.143. The molecule has 0 aliphatic rings. The second kappa shape index (κ2) is 21.3. The minimum absolute atomic E-state index is 0.0322. The van der Waals surface area contributed by atoms with E-state index in [1.165, 1.54) is 55.3 Å². The molecule has 57 heavy (non-hydrogen) atoms. The van der Waals surface area contributed by atoms with Gasteiger partial charge in [0.05, 0.1) is 7.11 Å². The van der Waals surface area contributed by atoms with Crippen LogP contribution in [0.2, 0.25) is 0 Å². The van der Waals surface area contributed by atoms with Gasteiger partial charge in [0, 0.05) is 45.2 Å². The number of hydrogen-bond donors (Lipinski definition) is 2. The molecule has 0 unspecified atom stereocenters. The fraction of sp³-hybridized carbons (Fsp3) is 0.489. The van der Waals surface area contributed by atoms with Gasteiger partial charge in [0.2, 0.25) is 11.8 Å². The van der Waals surface area contributed by atoms with Crippen molar-refractivity contribution in [3.63, 3.8) is 0 Å². The van der Waals surface area contributed by atoms with E-state index in [1.807, 2.05) is 58.9 Å². The first-order valence-electron chi connectivity index (χ1n) is 19.5. The lowest BCUT2D eigenvalue weighted by molar-refractivity contribution is -0.163. The molecule has 3 rings (SSSR count). The van der Waals surface area contributed by atoms with Gasteiger partial charge in [-0.15, -0.1) is 0 Å². The molecule has 0 saturated carbocycles. The van der Waals surface area contributed by atoms with Gasteiger partial charge in [0.25, 0.3) is 0 Å². The number of ether oxygens (including phenoxy) is 2. The minimum atomic E-state index is -1.12. The second-order valence-electron chi connectivity index (χ2n) is 15.6. The molecule has 3 aromatic rings.